The highest BCUT2D eigenvalue weighted by atomic mass is 16.5. The Hall–Kier alpha value is -3.45. The Kier molecular flexibility index (Phi) is 5.73. The maximum atomic E-state index is 13.5. The zero-order valence-corrected chi connectivity index (χ0v) is 19.4. The topological polar surface area (TPSA) is 87.7 Å². The van der Waals surface area contributed by atoms with E-state index in [9.17, 15) is 14.4 Å². The number of ether oxygens (including phenoxy) is 1. The van der Waals surface area contributed by atoms with E-state index in [1.54, 1.807) is 29.2 Å². The first-order valence-corrected chi connectivity index (χ1v) is 11.8. The van der Waals surface area contributed by atoms with Gasteiger partial charge in [0.05, 0.1) is 24.5 Å². The van der Waals surface area contributed by atoms with Crippen LogP contribution in [0.4, 0.5) is 11.4 Å². The summed E-state index contributed by atoms with van der Waals surface area (Å²) in [6.07, 6.45) is 5.20. The fraction of sp³-hybridized carbons (Fsp3) is 0.370. The zero-order chi connectivity index (χ0) is 23.9. The highest BCUT2D eigenvalue weighted by Crippen LogP contribution is 2.52. The van der Waals surface area contributed by atoms with Crippen LogP contribution in [0, 0.1) is 11.8 Å². The normalized spacial score (nSPS) is 27.5. The molecule has 5 atom stereocenters. The number of nitrogens with one attached hydrogen (secondary N) is 2. The lowest BCUT2D eigenvalue weighted by Gasteiger charge is -2.25. The van der Waals surface area contributed by atoms with E-state index in [-0.39, 0.29) is 29.9 Å². The van der Waals surface area contributed by atoms with E-state index in [0.29, 0.717) is 12.2 Å². The van der Waals surface area contributed by atoms with Crippen molar-refractivity contribution in [3.63, 3.8) is 0 Å². The van der Waals surface area contributed by atoms with Crippen LogP contribution >= 0.6 is 0 Å². The van der Waals surface area contributed by atoms with Crippen molar-refractivity contribution in [2.75, 3.05) is 16.8 Å². The lowest BCUT2D eigenvalue weighted by atomic mass is 9.76. The van der Waals surface area contributed by atoms with Gasteiger partial charge in [0.25, 0.3) is 0 Å². The SMILES string of the molecule is CC(=O)Nc1ccc(N2C[C@]34C=C[C@H](O3)[C@H](C(=O)N[C@@H](C)CCc3ccccc3)[C@@H]4C2=O)cc1. The number of aryl methyl sites for hydroxylation is 1. The summed E-state index contributed by atoms with van der Waals surface area (Å²) in [7, 11) is 0. The summed E-state index contributed by atoms with van der Waals surface area (Å²) in [5.41, 5.74) is 1.85. The zero-order valence-electron chi connectivity index (χ0n) is 19.4. The summed E-state index contributed by atoms with van der Waals surface area (Å²) in [6.45, 7) is 3.82. The van der Waals surface area contributed by atoms with Gasteiger partial charge >= 0.3 is 0 Å². The average molecular weight is 460 g/mol. The van der Waals surface area contributed by atoms with Crippen molar-refractivity contribution in [1.29, 1.82) is 0 Å². The molecule has 0 unspecified atom stereocenters. The second-order valence-corrected chi connectivity index (χ2v) is 9.49. The van der Waals surface area contributed by atoms with Gasteiger partial charge in [-0.1, -0.05) is 42.5 Å². The van der Waals surface area contributed by atoms with E-state index >= 15 is 0 Å². The molecule has 2 aromatic carbocycles. The first-order chi connectivity index (χ1) is 16.4. The number of benzene rings is 2. The van der Waals surface area contributed by atoms with Crippen LogP contribution in [0.2, 0.25) is 0 Å². The third-order valence-corrected chi connectivity index (χ3v) is 7.00. The van der Waals surface area contributed by atoms with Crippen LogP contribution in [-0.4, -0.2) is 42.0 Å². The molecule has 176 valence electrons. The Labute approximate surface area is 199 Å². The van der Waals surface area contributed by atoms with Crippen LogP contribution in [0.25, 0.3) is 0 Å². The average Bonchev–Trinajstić information content (AvgIpc) is 3.47. The van der Waals surface area contributed by atoms with Crippen LogP contribution in [0.1, 0.15) is 25.8 Å². The van der Waals surface area contributed by atoms with Crippen molar-refractivity contribution in [2.45, 2.75) is 44.4 Å². The molecule has 7 heteroatoms. The number of hydrogen-bond acceptors (Lipinski definition) is 4. The van der Waals surface area contributed by atoms with E-state index < -0.39 is 17.4 Å². The first kappa shape index (κ1) is 22.3. The van der Waals surface area contributed by atoms with Crippen molar-refractivity contribution in [1.82, 2.24) is 5.32 Å². The highest BCUT2D eigenvalue weighted by Gasteiger charge is 2.67. The molecule has 2 N–H and O–H groups in total. The van der Waals surface area contributed by atoms with Gasteiger partial charge in [-0.25, -0.2) is 0 Å². The minimum Gasteiger partial charge on any atom is -0.360 e. The number of rotatable bonds is 7. The summed E-state index contributed by atoms with van der Waals surface area (Å²) in [6, 6.07) is 17.3. The van der Waals surface area contributed by atoms with Gasteiger partial charge in [-0.2, -0.15) is 0 Å². The van der Waals surface area contributed by atoms with Gasteiger partial charge in [-0.05, 0) is 49.6 Å². The van der Waals surface area contributed by atoms with E-state index in [4.69, 9.17) is 4.74 Å². The van der Waals surface area contributed by atoms with Crippen LogP contribution in [-0.2, 0) is 25.5 Å². The van der Waals surface area contributed by atoms with Crippen molar-refractivity contribution < 1.29 is 19.1 Å². The van der Waals surface area contributed by atoms with Gasteiger partial charge in [0.15, 0.2) is 0 Å². The molecule has 2 bridgehead atoms. The van der Waals surface area contributed by atoms with E-state index in [1.807, 2.05) is 37.3 Å². The van der Waals surface area contributed by atoms with Crippen LogP contribution in [0.15, 0.2) is 66.7 Å². The van der Waals surface area contributed by atoms with Gasteiger partial charge in [0.1, 0.15) is 5.60 Å². The van der Waals surface area contributed by atoms with Crippen molar-refractivity contribution >= 4 is 29.1 Å². The van der Waals surface area contributed by atoms with Crippen LogP contribution in [0.5, 0.6) is 0 Å². The molecule has 3 amide bonds. The third kappa shape index (κ3) is 4.01. The predicted molar refractivity (Wildman–Crippen MR) is 129 cm³/mol. The highest BCUT2D eigenvalue weighted by molar-refractivity contribution is 6.03. The second-order valence-electron chi connectivity index (χ2n) is 9.49. The second kappa shape index (κ2) is 8.72. The molecule has 3 aliphatic heterocycles. The van der Waals surface area contributed by atoms with E-state index in [2.05, 4.69) is 22.8 Å². The van der Waals surface area contributed by atoms with Crippen LogP contribution in [0.3, 0.4) is 0 Å². The van der Waals surface area contributed by atoms with E-state index in [0.717, 1.165) is 18.5 Å². The van der Waals surface area contributed by atoms with Crippen molar-refractivity contribution in [3.05, 3.63) is 72.3 Å². The molecule has 3 heterocycles. The molecule has 3 aliphatic rings. The fourth-order valence-corrected chi connectivity index (χ4v) is 5.38. The smallest absolute Gasteiger partial charge is 0.234 e. The number of hydrogen-bond donors (Lipinski definition) is 2. The first-order valence-electron chi connectivity index (χ1n) is 11.8. The standard InChI is InChI=1S/C27H29N3O4/c1-17(8-9-19-6-4-3-5-7-19)28-25(32)23-22-14-15-27(34-22)16-30(26(33)24(23)27)21-12-10-20(11-13-21)29-18(2)31/h3-7,10-15,17,22-24H,8-9,16H2,1-2H3,(H,28,32)(H,29,31)/t17-,22-,23-,24+,27-/m0/s1. The lowest BCUT2D eigenvalue weighted by molar-refractivity contribution is -0.132. The van der Waals surface area contributed by atoms with Gasteiger partial charge < -0.3 is 20.3 Å². The maximum absolute atomic E-state index is 13.5. The van der Waals surface area contributed by atoms with Crippen LogP contribution < -0.4 is 15.5 Å². The molecule has 0 saturated carbocycles. The minimum atomic E-state index is -0.770. The number of nitrogens with zero attached hydrogens (tertiary/aromatic N) is 1. The molecule has 0 aromatic heterocycles. The number of fused-ring (bicyclic) bond motifs is 1. The summed E-state index contributed by atoms with van der Waals surface area (Å²) in [5, 5.41) is 5.85. The fourth-order valence-electron chi connectivity index (χ4n) is 5.38. The number of anilines is 2. The van der Waals surface area contributed by atoms with Gasteiger partial charge in [0, 0.05) is 24.3 Å². The largest absolute Gasteiger partial charge is 0.360 e. The number of carbonyl (C=O) groups is 3. The molecule has 2 aromatic rings. The molecule has 0 radical (unpaired) electrons. The quantitative estimate of drug-likeness (QED) is 0.623. The Bertz CT molecular complexity index is 1130. The summed E-state index contributed by atoms with van der Waals surface area (Å²) < 4.78 is 6.24. The molecule has 5 rings (SSSR count). The molecule has 34 heavy (non-hydrogen) atoms. The Morgan fingerprint density at radius 1 is 1.15 bits per heavy atom. The monoisotopic (exact) mass is 459 g/mol. The van der Waals surface area contributed by atoms with Crippen molar-refractivity contribution in [2.24, 2.45) is 11.8 Å². The summed E-state index contributed by atoms with van der Waals surface area (Å²) >= 11 is 0. The van der Waals surface area contributed by atoms with Crippen molar-refractivity contribution in [3.8, 4) is 0 Å². The Morgan fingerprint density at radius 3 is 2.59 bits per heavy atom. The minimum absolute atomic E-state index is 0.0132. The molecule has 2 saturated heterocycles. The molecule has 7 nitrogen and oxygen atoms in total. The Morgan fingerprint density at radius 2 is 1.88 bits per heavy atom. The Balaban J connectivity index is 1.27. The molecule has 2 fully saturated rings. The number of carbonyl (C=O) groups excluding carboxylic acids is 3. The summed E-state index contributed by atoms with van der Waals surface area (Å²) in [4.78, 5) is 39.8. The number of amides is 3. The van der Waals surface area contributed by atoms with Gasteiger partial charge in [-0.3, -0.25) is 14.4 Å². The van der Waals surface area contributed by atoms with Gasteiger partial charge in [0.2, 0.25) is 17.7 Å². The lowest BCUT2D eigenvalue weighted by Crippen LogP contribution is -2.46. The summed E-state index contributed by atoms with van der Waals surface area (Å²) in [5.74, 6) is -1.46. The molecule has 1 spiro atoms. The van der Waals surface area contributed by atoms with E-state index in [1.165, 1.54) is 12.5 Å². The predicted octanol–water partition coefficient (Wildman–Crippen LogP) is 3.07. The molecular formula is C27H29N3O4. The maximum Gasteiger partial charge on any atom is 0.234 e. The van der Waals surface area contributed by atoms with Gasteiger partial charge in [-0.15, -0.1) is 0 Å². The third-order valence-electron chi connectivity index (χ3n) is 7.00. The molecular weight excluding hydrogens is 430 g/mol. The molecule has 0 aliphatic carbocycles.